The Morgan fingerprint density at radius 1 is 1.00 bits per heavy atom. The number of fused-ring (bicyclic) bond motifs is 3. The second-order valence-electron chi connectivity index (χ2n) is 8.55. The van der Waals surface area contributed by atoms with Crippen LogP contribution in [0.4, 0.5) is 0 Å². The van der Waals surface area contributed by atoms with Gasteiger partial charge in [-0.05, 0) is 46.7 Å². The molecule has 2 N–H and O–H groups in total. The summed E-state index contributed by atoms with van der Waals surface area (Å²) in [6.07, 6.45) is 2.96. The lowest BCUT2D eigenvalue weighted by atomic mass is 9.97. The number of hydrogen-bond donors (Lipinski definition) is 2. The third kappa shape index (κ3) is 4.16. The lowest BCUT2D eigenvalue weighted by Gasteiger charge is -2.12. The molecule has 7 nitrogen and oxygen atoms in total. The standard InChI is InChI=1S/C28H23N3O4S/c1-17(32)26-25(22-11-6-14-29-28(22)34)24-21-10-4-3-8-19(21)12-13-23(24)31(26)16-18-7-5-9-20(15-18)27(33)30-36(2)35/h3-15H,16H2,1-2H3,(H,29,34)(H,30,33). The van der Waals surface area contributed by atoms with Crippen molar-refractivity contribution in [2.75, 3.05) is 6.26 Å². The van der Waals surface area contributed by atoms with E-state index < -0.39 is 16.9 Å². The maximum absolute atomic E-state index is 13.1. The number of aromatic nitrogens is 2. The summed E-state index contributed by atoms with van der Waals surface area (Å²) >= 11 is 0. The molecule has 0 aliphatic heterocycles. The highest BCUT2D eigenvalue weighted by Crippen LogP contribution is 2.39. The van der Waals surface area contributed by atoms with Crippen molar-refractivity contribution in [1.29, 1.82) is 0 Å². The number of carbonyl (C=O) groups excluding carboxylic acids is 2. The molecule has 2 aromatic heterocycles. The van der Waals surface area contributed by atoms with Crippen LogP contribution in [0.1, 0.15) is 33.3 Å². The average molecular weight is 498 g/mol. The summed E-state index contributed by atoms with van der Waals surface area (Å²) in [6.45, 7) is 1.79. The van der Waals surface area contributed by atoms with Gasteiger partial charge in [0.25, 0.3) is 11.5 Å². The van der Waals surface area contributed by atoms with E-state index in [4.69, 9.17) is 0 Å². The molecule has 3 aromatic carbocycles. The number of nitrogens with zero attached hydrogens (tertiary/aromatic N) is 1. The van der Waals surface area contributed by atoms with Crippen molar-refractivity contribution < 1.29 is 13.8 Å². The van der Waals surface area contributed by atoms with Gasteiger partial charge in [0.15, 0.2) is 5.78 Å². The first-order valence-corrected chi connectivity index (χ1v) is 12.9. The Morgan fingerprint density at radius 3 is 2.56 bits per heavy atom. The van der Waals surface area contributed by atoms with Crippen molar-refractivity contribution in [2.45, 2.75) is 13.5 Å². The zero-order valence-electron chi connectivity index (χ0n) is 19.7. The van der Waals surface area contributed by atoms with E-state index in [1.54, 1.807) is 36.5 Å². The zero-order valence-corrected chi connectivity index (χ0v) is 20.5. The van der Waals surface area contributed by atoms with Crippen LogP contribution in [0.25, 0.3) is 32.8 Å². The number of Topliss-reactive ketones (excluding diaryl/α,β-unsaturated/α-hetero) is 1. The molecule has 1 unspecified atom stereocenters. The average Bonchev–Trinajstić information content (AvgIpc) is 3.18. The normalized spacial score (nSPS) is 12.1. The van der Waals surface area contributed by atoms with Gasteiger partial charge in [0.1, 0.15) is 11.0 Å². The lowest BCUT2D eigenvalue weighted by molar-refractivity contribution is 0.0979. The number of nitrogens with one attached hydrogen (secondary N) is 2. The van der Waals surface area contributed by atoms with Crippen molar-refractivity contribution in [3.63, 3.8) is 0 Å². The predicted molar refractivity (Wildman–Crippen MR) is 143 cm³/mol. The summed E-state index contributed by atoms with van der Waals surface area (Å²) in [5.74, 6) is -0.617. The minimum absolute atomic E-state index is 0.177. The van der Waals surface area contributed by atoms with E-state index in [1.165, 1.54) is 13.2 Å². The number of amides is 1. The Hall–Kier alpha value is -4.30. The molecular weight excluding hydrogens is 474 g/mol. The lowest BCUT2D eigenvalue weighted by Crippen LogP contribution is -2.24. The third-order valence-corrected chi connectivity index (χ3v) is 6.61. The Labute approximate surface area is 209 Å². The Balaban J connectivity index is 1.79. The van der Waals surface area contributed by atoms with Crippen LogP contribution in [0.3, 0.4) is 0 Å². The molecule has 5 aromatic rings. The molecule has 36 heavy (non-hydrogen) atoms. The summed E-state index contributed by atoms with van der Waals surface area (Å²) < 4.78 is 15.8. The molecule has 0 fully saturated rings. The van der Waals surface area contributed by atoms with E-state index >= 15 is 0 Å². The van der Waals surface area contributed by atoms with Crippen LogP contribution in [-0.4, -0.2) is 31.7 Å². The molecule has 2 heterocycles. The van der Waals surface area contributed by atoms with Crippen molar-refractivity contribution in [3.8, 4) is 11.1 Å². The van der Waals surface area contributed by atoms with Gasteiger partial charge >= 0.3 is 0 Å². The Kier molecular flexibility index (Phi) is 6.12. The highest BCUT2D eigenvalue weighted by molar-refractivity contribution is 7.82. The van der Waals surface area contributed by atoms with E-state index in [2.05, 4.69) is 9.71 Å². The van der Waals surface area contributed by atoms with Crippen molar-refractivity contribution >= 4 is 44.4 Å². The molecule has 0 spiro atoms. The van der Waals surface area contributed by atoms with Crippen LogP contribution in [-0.2, 0) is 17.5 Å². The number of carbonyl (C=O) groups is 2. The molecule has 1 amide bonds. The van der Waals surface area contributed by atoms with E-state index in [0.29, 0.717) is 28.9 Å². The van der Waals surface area contributed by atoms with E-state index in [9.17, 15) is 18.6 Å². The number of aromatic amines is 1. The molecule has 8 heteroatoms. The van der Waals surface area contributed by atoms with Crippen LogP contribution >= 0.6 is 0 Å². The molecule has 0 saturated heterocycles. The number of ketones is 1. The molecule has 0 saturated carbocycles. The van der Waals surface area contributed by atoms with Gasteiger partial charge in [-0.25, -0.2) is 4.21 Å². The first-order valence-electron chi connectivity index (χ1n) is 11.3. The first-order chi connectivity index (χ1) is 17.3. The SMILES string of the molecule is CC(=O)c1c(-c2ccc[nH]c2=O)c2c3ccccc3ccc2n1Cc1cccc(C(=O)NS(C)=O)c1. The molecule has 180 valence electrons. The van der Waals surface area contributed by atoms with Gasteiger partial charge in [0.2, 0.25) is 0 Å². The number of hydrogen-bond acceptors (Lipinski definition) is 4. The summed E-state index contributed by atoms with van der Waals surface area (Å²) in [7, 11) is -1.48. The monoisotopic (exact) mass is 497 g/mol. The highest BCUT2D eigenvalue weighted by atomic mass is 32.2. The molecule has 1 atom stereocenters. The fourth-order valence-electron chi connectivity index (χ4n) is 4.72. The maximum Gasteiger partial charge on any atom is 0.262 e. The maximum atomic E-state index is 13.1. The van der Waals surface area contributed by atoms with Gasteiger partial charge < -0.3 is 9.55 Å². The largest absolute Gasteiger partial charge is 0.333 e. The number of benzene rings is 3. The minimum atomic E-state index is -1.48. The van der Waals surface area contributed by atoms with Crippen LogP contribution in [0.15, 0.2) is 83.8 Å². The summed E-state index contributed by atoms with van der Waals surface area (Å²) in [6, 6.07) is 22.3. The number of H-pyrrole nitrogens is 1. The molecule has 0 radical (unpaired) electrons. The molecule has 0 aliphatic rings. The second kappa shape index (κ2) is 9.39. The molecule has 5 rings (SSSR count). The zero-order chi connectivity index (χ0) is 25.4. The minimum Gasteiger partial charge on any atom is -0.333 e. The summed E-state index contributed by atoms with van der Waals surface area (Å²) in [5.41, 5.74) is 3.11. The van der Waals surface area contributed by atoms with Crippen LogP contribution in [0.5, 0.6) is 0 Å². The molecule has 0 bridgehead atoms. The topological polar surface area (TPSA) is 101 Å². The quantitative estimate of drug-likeness (QED) is 0.339. The van der Waals surface area contributed by atoms with Gasteiger partial charge in [-0.15, -0.1) is 0 Å². The first kappa shape index (κ1) is 23.4. The van der Waals surface area contributed by atoms with E-state index in [1.807, 2.05) is 47.0 Å². The molecular formula is C28H23N3O4S. The van der Waals surface area contributed by atoms with Gasteiger partial charge in [0.05, 0.1) is 11.2 Å². The number of pyridine rings is 1. The highest BCUT2D eigenvalue weighted by Gasteiger charge is 2.25. The fraction of sp³-hybridized carbons (Fsp3) is 0.107. The van der Waals surface area contributed by atoms with E-state index in [0.717, 1.165) is 27.2 Å². The second-order valence-corrected chi connectivity index (χ2v) is 9.66. The van der Waals surface area contributed by atoms with Gasteiger partial charge in [0, 0.05) is 48.0 Å². The van der Waals surface area contributed by atoms with Gasteiger partial charge in [-0.3, -0.25) is 19.1 Å². The van der Waals surface area contributed by atoms with Crippen LogP contribution < -0.4 is 10.3 Å². The summed E-state index contributed by atoms with van der Waals surface area (Å²) in [5, 5.41) is 2.76. The third-order valence-electron chi connectivity index (χ3n) is 6.14. The van der Waals surface area contributed by atoms with Crippen molar-refractivity contribution in [3.05, 3.63) is 106 Å². The van der Waals surface area contributed by atoms with Gasteiger partial charge in [-0.2, -0.15) is 0 Å². The number of rotatable bonds is 6. The smallest absolute Gasteiger partial charge is 0.262 e. The molecule has 0 aliphatic carbocycles. The van der Waals surface area contributed by atoms with Crippen molar-refractivity contribution in [2.24, 2.45) is 0 Å². The Morgan fingerprint density at radius 2 is 1.81 bits per heavy atom. The van der Waals surface area contributed by atoms with Crippen LogP contribution in [0.2, 0.25) is 0 Å². The van der Waals surface area contributed by atoms with E-state index in [-0.39, 0.29) is 11.3 Å². The summed E-state index contributed by atoms with van der Waals surface area (Å²) in [4.78, 5) is 41.2. The van der Waals surface area contributed by atoms with Crippen LogP contribution in [0, 0.1) is 0 Å². The van der Waals surface area contributed by atoms with Crippen molar-refractivity contribution in [1.82, 2.24) is 14.3 Å². The fourth-order valence-corrected chi connectivity index (χ4v) is 5.09. The van der Waals surface area contributed by atoms with Gasteiger partial charge in [-0.1, -0.05) is 42.5 Å². The predicted octanol–water partition coefficient (Wildman–Crippen LogP) is 4.42. The Bertz CT molecular complexity index is 1750.